The molecule has 0 aromatic heterocycles. The molecule has 1 aliphatic heterocycles. The van der Waals surface area contributed by atoms with Gasteiger partial charge in [0.1, 0.15) is 0 Å². The monoisotopic (exact) mass is 369 g/mol. The van der Waals surface area contributed by atoms with Crippen molar-refractivity contribution in [3.8, 4) is 0 Å². The largest absolute Gasteiger partial charge is 0.303 e. The molecule has 0 aliphatic carbocycles. The first-order chi connectivity index (χ1) is 11.7. The van der Waals surface area contributed by atoms with Crippen LogP contribution in [0.4, 0.5) is 5.69 Å². The Labute approximate surface area is 149 Å². The molecule has 1 heterocycles. The number of hydrogen-bond acceptors (Lipinski definition) is 5. The molecular weight excluding hydrogens is 342 g/mol. The maximum absolute atomic E-state index is 12.4. The Balaban J connectivity index is 1.91. The van der Waals surface area contributed by atoms with Crippen LogP contribution in [0.25, 0.3) is 0 Å². The summed E-state index contributed by atoms with van der Waals surface area (Å²) in [5.41, 5.74) is 0.277. The van der Waals surface area contributed by atoms with Gasteiger partial charge in [-0.15, -0.1) is 0 Å². The third-order valence-corrected chi connectivity index (χ3v) is 6.16. The van der Waals surface area contributed by atoms with E-state index in [1.54, 1.807) is 6.92 Å². The van der Waals surface area contributed by atoms with E-state index in [1.165, 1.54) is 18.6 Å². The minimum absolute atomic E-state index is 0.0260. The molecule has 2 rings (SSSR count). The summed E-state index contributed by atoms with van der Waals surface area (Å²) < 4.78 is 27.4. The molecule has 25 heavy (non-hydrogen) atoms. The lowest BCUT2D eigenvalue weighted by Crippen LogP contribution is -2.40. The van der Waals surface area contributed by atoms with Gasteiger partial charge in [-0.2, -0.15) is 0 Å². The van der Waals surface area contributed by atoms with Crippen molar-refractivity contribution in [3.05, 3.63) is 33.9 Å². The summed E-state index contributed by atoms with van der Waals surface area (Å²) in [6, 6.07) is 3.89. The first-order valence-corrected chi connectivity index (χ1v) is 10.1. The average Bonchev–Trinajstić information content (AvgIpc) is 2.50. The van der Waals surface area contributed by atoms with Crippen molar-refractivity contribution in [3.63, 3.8) is 0 Å². The Bertz CT molecular complexity index is 711. The Morgan fingerprint density at radius 1 is 1.28 bits per heavy atom. The van der Waals surface area contributed by atoms with E-state index < -0.39 is 14.9 Å². The first kappa shape index (κ1) is 19.8. The van der Waals surface area contributed by atoms with Crippen LogP contribution in [0.3, 0.4) is 0 Å². The molecule has 1 fully saturated rings. The van der Waals surface area contributed by atoms with Crippen molar-refractivity contribution >= 4 is 15.7 Å². The van der Waals surface area contributed by atoms with Crippen molar-refractivity contribution < 1.29 is 13.3 Å². The smallest absolute Gasteiger partial charge is 0.270 e. The number of nitro benzene ring substituents is 1. The highest BCUT2D eigenvalue weighted by Crippen LogP contribution is 2.22. The Kier molecular flexibility index (Phi) is 6.53. The fourth-order valence-electron chi connectivity index (χ4n) is 3.55. The van der Waals surface area contributed by atoms with Gasteiger partial charge >= 0.3 is 0 Å². The SMILES string of the molecule is Cc1ccc([N+](=O)[O-])cc1S(=O)(=O)NCCCN1C[C@H](C)C[C@@H](C)C1. The van der Waals surface area contributed by atoms with Gasteiger partial charge in [0, 0.05) is 31.8 Å². The molecule has 0 amide bonds. The predicted octanol–water partition coefficient (Wildman–Crippen LogP) is 2.55. The number of aryl methyl sites for hydroxylation is 1. The molecule has 7 nitrogen and oxygen atoms in total. The van der Waals surface area contributed by atoms with Crippen LogP contribution in [0.5, 0.6) is 0 Å². The van der Waals surface area contributed by atoms with Crippen molar-refractivity contribution in [2.24, 2.45) is 11.8 Å². The summed E-state index contributed by atoms with van der Waals surface area (Å²) in [5.74, 6) is 1.35. The molecule has 0 saturated carbocycles. The highest BCUT2D eigenvalue weighted by atomic mass is 32.2. The molecule has 1 N–H and O–H groups in total. The van der Waals surface area contributed by atoms with Gasteiger partial charge in [-0.25, -0.2) is 13.1 Å². The number of hydrogen-bond donors (Lipinski definition) is 1. The fourth-order valence-corrected chi connectivity index (χ4v) is 4.89. The van der Waals surface area contributed by atoms with Crippen molar-refractivity contribution in [1.29, 1.82) is 0 Å². The first-order valence-electron chi connectivity index (χ1n) is 8.66. The van der Waals surface area contributed by atoms with E-state index in [4.69, 9.17) is 0 Å². The summed E-state index contributed by atoms with van der Waals surface area (Å²) in [6.07, 6.45) is 1.96. The van der Waals surface area contributed by atoms with Gasteiger partial charge in [-0.05, 0) is 43.7 Å². The summed E-state index contributed by atoms with van der Waals surface area (Å²) >= 11 is 0. The molecule has 8 heteroatoms. The van der Waals surface area contributed by atoms with Crippen LogP contribution in [-0.2, 0) is 10.0 Å². The molecule has 1 aromatic rings. The van der Waals surface area contributed by atoms with Gasteiger partial charge in [0.05, 0.1) is 9.82 Å². The number of nitrogens with one attached hydrogen (secondary N) is 1. The summed E-state index contributed by atoms with van der Waals surface area (Å²) in [5, 5.41) is 10.9. The van der Waals surface area contributed by atoms with Crippen molar-refractivity contribution in [1.82, 2.24) is 9.62 Å². The number of sulfonamides is 1. The molecule has 0 radical (unpaired) electrons. The normalized spacial score (nSPS) is 22.0. The lowest BCUT2D eigenvalue weighted by Gasteiger charge is -2.34. The van der Waals surface area contributed by atoms with E-state index in [1.807, 2.05) is 0 Å². The second-order valence-corrected chi connectivity index (χ2v) is 8.90. The zero-order chi connectivity index (χ0) is 18.6. The van der Waals surface area contributed by atoms with E-state index >= 15 is 0 Å². The highest BCUT2D eigenvalue weighted by molar-refractivity contribution is 7.89. The Morgan fingerprint density at radius 3 is 2.52 bits per heavy atom. The average molecular weight is 369 g/mol. The number of nitro groups is 1. The zero-order valence-corrected chi connectivity index (χ0v) is 15.9. The quantitative estimate of drug-likeness (QED) is 0.453. The maximum Gasteiger partial charge on any atom is 0.270 e. The van der Waals surface area contributed by atoms with E-state index in [-0.39, 0.29) is 10.6 Å². The topological polar surface area (TPSA) is 92.5 Å². The molecule has 0 bridgehead atoms. The molecular formula is C17H27N3O4S. The fraction of sp³-hybridized carbons (Fsp3) is 0.647. The Hall–Kier alpha value is -1.51. The summed E-state index contributed by atoms with van der Waals surface area (Å²) in [6.45, 7) is 9.42. The van der Waals surface area contributed by atoms with Gasteiger partial charge in [0.25, 0.3) is 5.69 Å². The third-order valence-electron chi connectivity index (χ3n) is 4.56. The molecule has 1 aromatic carbocycles. The van der Waals surface area contributed by atoms with Crippen LogP contribution in [0, 0.1) is 28.9 Å². The molecule has 2 atom stereocenters. The number of non-ortho nitro benzene ring substituents is 1. The predicted molar refractivity (Wildman–Crippen MR) is 97.0 cm³/mol. The maximum atomic E-state index is 12.4. The minimum Gasteiger partial charge on any atom is -0.303 e. The highest BCUT2D eigenvalue weighted by Gasteiger charge is 2.22. The Morgan fingerprint density at radius 2 is 1.92 bits per heavy atom. The van der Waals surface area contributed by atoms with Crippen LogP contribution < -0.4 is 4.72 Å². The number of piperidine rings is 1. The van der Waals surface area contributed by atoms with E-state index in [0.717, 1.165) is 25.7 Å². The van der Waals surface area contributed by atoms with Gasteiger partial charge < -0.3 is 4.90 Å². The molecule has 0 spiro atoms. The second-order valence-electron chi connectivity index (χ2n) is 7.16. The van der Waals surface area contributed by atoms with Crippen molar-refractivity contribution in [2.45, 2.75) is 38.5 Å². The number of rotatable bonds is 7. The van der Waals surface area contributed by atoms with Crippen LogP contribution in [0.2, 0.25) is 0 Å². The number of nitrogens with zero attached hydrogens (tertiary/aromatic N) is 2. The van der Waals surface area contributed by atoms with E-state index in [9.17, 15) is 18.5 Å². The van der Waals surface area contributed by atoms with Crippen LogP contribution in [0.15, 0.2) is 23.1 Å². The van der Waals surface area contributed by atoms with E-state index in [2.05, 4.69) is 23.5 Å². The standard InChI is InChI=1S/C17H27N3O4S/c1-13-9-14(2)12-19(11-13)8-4-7-18-25(23,24)17-10-16(20(21)22)6-5-15(17)3/h5-6,10,13-14,18H,4,7-9,11-12H2,1-3H3/t13-,14-/m1/s1. The molecule has 0 unspecified atom stereocenters. The molecule has 1 saturated heterocycles. The van der Waals surface area contributed by atoms with Crippen molar-refractivity contribution in [2.75, 3.05) is 26.2 Å². The van der Waals surface area contributed by atoms with Crippen LogP contribution >= 0.6 is 0 Å². The van der Waals surface area contributed by atoms with E-state index in [0.29, 0.717) is 30.4 Å². The third kappa shape index (κ3) is 5.49. The zero-order valence-electron chi connectivity index (χ0n) is 15.1. The lowest BCUT2D eigenvalue weighted by molar-refractivity contribution is -0.385. The van der Waals surface area contributed by atoms with Gasteiger partial charge in [-0.3, -0.25) is 10.1 Å². The molecule has 1 aliphatic rings. The van der Waals surface area contributed by atoms with Gasteiger partial charge in [0.2, 0.25) is 10.0 Å². The van der Waals surface area contributed by atoms with Crippen LogP contribution in [0.1, 0.15) is 32.3 Å². The van der Waals surface area contributed by atoms with Crippen LogP contribution in [-0.4, -0.2) is 44.4 Å². The van der Waals surface area contributed by atoms with Gasteiger partial charge in [-0.1, -0.05) is 19.9 Å². The summed E-state index contributed by atoms with van der Waals surface area (Å²) in [7, 11) is -3.74. The number of benzene rings is 1. The second kappa shape index (κ2) is 8.25. The number of likely N-dealkylation sites (tertiary alicyclic amines) is 1. The van der Waals surface area contributed by atoms with Gasteiger partial charge in [0.15, 0.2) is 0 Å². The summed E-state index contributed by atoms with van der Waals surface area (Å²) in [4.78, 5) is 12.6. The minimum atomic E-state index is -3.74. The lowest BCUT2D eigenvalue weighted by atomic mass is 9.92. The molecule has 140 valence electrons.